The second kappa shape index (κ2) is 7.90. The lowest BCUT2D eigenvalue weighted by Crippen LogP contribution is -2.33. The van der Waals surface area contributed by atoms with E-state index in [-0.39, 0.29) is 6.09 Å². The lowest BCUT2D eigenvalue weighted by molar-refractivity contribution is 0.102. The molecule has 0 heterocycles. The molecular formula is C16H26N2O2. The van der Waals surface area contributed by atoms with Gasteiger partial charge in [0.25, 0.3) is 0 Å². The van der Waals surface area contributed by atoms with E-state index in [1.165, 1.54) is 5.56 Å². The lowest BCUT2D eigenvalue weighted by atomic mass is 10.0. The Morgan fingerprint density at radius 1 is 1.10 bits per heavy atom. The number of ether oxygens (including phenoxy) is 1. The molecule has 0 spiro atoms. The molecule has 0 aliphatic heterocycles. The number of hydrogen-bond donors (Lipinski definition) is 0. The summed E-state index contributed by atoms with van der Waals surface area (Å²) >= 11 is 0. The first-order valence-electron chi connectivity index (χ1n) is 7.01. The Labute approximate surface area is 122 Å². The zero-order valence-electron chi connectivity index (χ0n) is 13.2. The van der Waals surface area contributed by atoms with Crippen molar-refractivity contribution in [2.24, 2.45) is 0 Å². The van der Waals surface area contributed by atoms with Crippen LogP contribution in [0.25, 0.3) is 0 Å². The zero-order valence-corrected chi connectivity index (χ0v) is 13.2. The van der Waals surface area contributed by atoms with Crippen LogP contribution in [-0.4, -0.2) is 50.1 Å². The molecule has 1 rings (SSSR count). The SMILES string of the molecule is CC(C)c1ccc(COC(=O)N(C)CCN(C)C)cc1. The fourth-order valence-corrected chi connectivity index (χ4v) is 1.70. The van der Waals surface area contributed by atoms with E-state index in [1.54, 1.807) is 11.9 Å². The number of likely N-dealkylation sites (N-methyl/N-ethyl adjacent to an activating group) is 2. The Morgan fingerprint density at radius 2 is 1.70 bits per heavy atom. The Kier molecular flexibility index (Phi) is 6.52. The van der Waals surface area contributed by atoms with Crippen molar-refractivity contribution in [1.82, 2.24) is 9.80 Å². The molecule has 1 aromatic carbocycles. The van der Waals surface area contributed by atoms with E-state index < -0.39 is 0 Å². The van der Waals surface area contributed by atoms with Gasteiger partial charge in [-0.15, -0.1) is 0 Å². The average molecular weight is 278 g/mol. The molecule has 0 saturated carbocycles. The molecule has 0 aliphatic rings. The van der Waals surface area contributed by atoms with Crippen molar-refractivity contribution in [2.45, 2.75) is 26.4 Å². The van der Waals surface area contributed by atoms with Gasteiger partial charge in [0.2, 0.25) is 0 Å². The van der Waals surface area contributed by atoms with Gasteiger partial charge in [-0.3, -0.25) is 0 Å². The van der Waals surface area contributed by atoms with Gasteiger partial charge < -0.3 is 14.5 Å². The van der Waals surface area contributed by atoms with Crippen LogP contribution in [0.4, 0.5) is 4.79 Å². The van der Waals surface area contributed by atoms with Crippen molar-refractivity contribution in [3.8, 4) is 0 Å². The summed E-state index contributed by atoms with van der Waals surface area (Å²) in [6.45, 7) is 6.14. The molecule has 0 N–H and O–H groups in total. The highest BCUT2D eigenvalue weighted by atomic mass is 16.6. The van der Waals surface area contributed by atoms with Gasteiger partial charge in [0.1, 0.15) is 6.61 Å². The smallest absolute Gasteiger partial charge is 0.409 e. The molecule has 4 nitrogen and oxygen atoms in total. The van der Waals surface area contributed by atoms with E-state index in [1.807, 2.05) is 31.1 Å². The third-order valence-corrected chi connectivity index (χ3v) is 3.20. The maximum atomic E-state index is 11.8. The van der Waals surface area contributed by atoms with Crippen molar-refractivity contribution in [3.05, 3.63) is 35.4 Å². The van der Waals surface area contributed by atoms with Crippen LogP contribution in [0.15, 0.2) is 24.3 Å². The number of carbonyl (C=O) groups is 1. The summed E-state index contributed by atoms with van der Waals surface area (Å²) in [4.78, 5) is 15.4. The third kappa shape index (κ3) is 5.61. The summed E-state index contributed by atoms with van der Waals surface area (Å²) in [5, 5.41) is 0. The zero-order chi connectivity index (χ0) is 15.1. The van der Waals surface area contributed by atoms with E-state index in [0.29, 0.717) is 19.1 Å². The Hall–Kier alpha value is -1.55. The highest BCUT2D eigenvalue weighted by molar-refractivity contribution is 5.67. The van der Waals surface area contributed by atoms with Gasteiger partial charge in [-0.05, 0) is 31.1 Å². The molecule has 1 aromatic rings. The number of nitrogens with zero attached hydrogens (tertiary/aromatic N) is 2. The number of amides is 1. The Bertz CT molecular complexity index is 413. The fraction of sp³-hybridized carbons (Fsp3) is 0.562. The standard InChI is InChI=1S/C16H26N2O2/c1-13(2)15-8-6-14(7-9-15)12-20-16(19)18(5)11-10-17(3)4/h6-9,13H,10-12H2,1-5H3. The van der Waals surface area contributed by atoms with Crippen molar-refractivity contribution in [1.29, 1.82) is 0 Å². The van der Waals surface area contributed by atoms with Crippen LogP contribution in [0.2, 0.25) is 0 Å². The minimum absolute atomic E-state index is 0.278. The number of hydrogen-bond acceptors (Lipinski definition) is 3. The second-order valence-electron chi connectivity index (χ2n) is 5.68. The molecular weight excluding hydrogens is 252 g/mol. The van der Waals surface area contributed by atoms with Gasteiger partial charge in [-0.2, -0.15) is 0 Å². The molecule has 0 bridgehead atoms. The van der Waals surface area contributed by atoms with E-state index in [0.717, 1.165) is 12.1 Å². The third-order valence-electron chi connectivity index (χ3n) is 3.20. The first kappa shape index (κ1) is 16.5. The van der Waals surface area contributed by atoms with E-state index in [4.69, 9.17) is 4.74 Å². The summed E-state index contributed by atoms with van der Waals surface area (Å²) in [7, 11) is 5.72. The molecule has 4 heteroatoms. The van der Waals surface area contributed by atoms with Crippen LogP contribution in [0.3, 0.4) is 0 Å². The van der Waals surface area contributed by atoms with Crippen LogP contribution in [0.1, 0.15) is 30.9 Å². The molecule has 0 aliphatic carbocycles. The minimum Gasteiger partial charge on any atom is -0.445 e. The summed E-state index contributed by atoms with van der Waals surface area (Å²) in [5.41, 5.74) is 2.31. The van der Waals surface area contributed by atoms with Crippen molar-refractivity contribution in [2.75, 3.05) is 34.2 Å². The predicted octanol–water partition coefficient (Wildman–Crippen LogP) is 2.94. The molecule has 20 heavy (non-hydrogen) atoms. The van der Waals surface area contributed by atoms with Crippen LogP contribution < -0.4 is 0 Å². The fourth-order valence-electron chi connectivity index (χ4n) is 1.70. The Morgan fingerprint density at radius 3 is 2.20 bits per heavy atom. The second-order valence-corrected chi connectivity index (χ2v) is 5.68. The van der Waals surface area contributed by atoms with Crippen LogP contribution in [0, 0.1) is 0 Å². The highest BCUT2D eigenvalue weighted by Crippen LogP contribution is 2.15. The topological polar surface area (TPSA) is 32.8 Å². The summed E-state index contributed by atoms with van der Waals surface area (Å²) in [5.74, 6) is 0.517. The van der Waals surface area contributed by atoms with E-state index in [9.17, 15) is 4.79 Å². The van der Waals surface area contributed by atoms with Crippen LogP contribution in [-0.2, 0) is 11.3 Å². The summed E-state index contributed by atoms with van der Waals surface area (Å²) in [6.07, 6.45) is -0.278. The summed E-state index contributed by atoms with van der Waals surface area (Å²) in [6, 6.07) is 8.21. The van der Waals surface area contributed by atoms with Gasteiger partial charge in [-0.1, -0.05) is 38.1 Å². The molecule has 0 saturated heterocycles. The quantitative estimate of drug-likeness (QED) is 0.802. The minimum atomic E-state index is -0.278. The molecule has 0 radical (unpaired) electrons. The van der Waals surface area contributed by atoms with Gasteiger partial charge in [0.05, 0.1) is 0 Å². The maximum Gasteiger partial charge on any atom is 0.409 e. The van der Waals surface area contributed by atoms with Gasteiger partial charge >= 0.3 is 6.09 Å². The first-order valence-corrected chi connectivity index (χ1v) is 7.01. The normalized spacial score (nSPS) is 10.9. The van der Waals surface area contributed by atoms with E-state index in [2.05, 4.69) is 26.0 Å². The predicted molar refractivity (Wildman–Crippen MR) is 81.9 cm³/mol. The van der Waals surface area contributed by atoms with Crippen molar-refractivity contribution < 1.29 is 9.53 Å². The molecule has 0 atom stereocenters. The molecule has 112 valence electrons. The maximum absolute atomic E-state index is 11.8. The van der Waals surface area contributed by atoms with E-state index >= 15 is 0 Å². The molecule has 0 aromatic heterocycles. The molecule has 0 unspecified atom stereocenters. The van der Waals surface area contributed by atoms with Gasteiger partial charge in [0.15, 0.2) is 0 Å². The molecule has 0 fully saturated rings. The largest absolute Gasteiger partial charge is 0.445 e. The van der Waals surface area contributed by atoms with Gasteiger partial charge in [0, 0.05) is 20.1 Å². The first-order chi connectivity index (χ1) is 9.40. The average Bonchev–Trinajstić information content (AvgIpc) is 2.42. The van der Waals surface area contributed by atoms with Crippen molar-refractivity contribution >= 4 is 6.09 Å². The van der Waals surface area contributed by atoms with Crippen molar-refractivity contribution in [3.63, 3.8) is 0 Å². The monoisotopic (exact) mass is 278 g/mol. The number of carbonyl (C=O) groups excluding carboxylic acids is 1. The van der Waals surface area contributed by atoms with Gasteiger partial charge in [-0.25, -0.2) is 4.79 Å². The molecule has 1 amide bonds. The Balaban J connectivity index is 2.40. The highest BCUT2D eigenvalue weighted by Gasteiger charge is 2.10. The summed E-state index contributed by atoms with van der Waals surface area (Å²) < 4.78 is 5.29. The number of rotatable bonds is 6. The number of benzene rings is 1. The van der Waals surface area contributed by atoms with Crippen LogP contribution in [0.5, 0.6) is 0 Å². The lowest BCUT2D eigenvalue weighted by Gasteiger charge is -2.19. The van der Waals surface area contributed by atoms with Crippen LogP contribution >= 0.6 is 0 Å².